The third-order valence-corrected chi connectivity index (χ3v) is 6.41. The van der Waals surface area contributed by atoms with Gasteiger partial charge in [-0.25, -0.2) is 17.6 Å². The first kappa shape index (κ1) is 31.6. The number of aryl methyl sites for hydroxylation is 1. The van der Waals surface area contributed by atoms with Crippen molar-refractivity contribution >= 4 is 11.6 Å². The molecule has 0 heterocycles. The van der Waals surface area contributed by atoms with E-state index < -0.39 is 63.0 Å². The summed E-state index contributed by atoms with van der Waals surface area (Å²) >= 11 is 5.50. The molecular weight excluding hydrogens is 607 g/mol. The smallest absolute Gasteiger partial charge is 0.429 e. The lowest BCUT2D eigenvalue weighted by molar-refractivity contribution is -0.189. The summed E-state index contributed by atoms with van der Waals surface area (Å²) in [6, 6.07) is 11.5. The van der Waals surface area contributed by atoms with E-state index in [0.29, 0.717) is 24.1 Å². The summed E-state index contributed by atoms with van der Waals surface area (Å²) in [6.45, 7) is 3.63. The van der Waals surface area contributed by atoms with E-state index in [2.05, 4.69) is 23.2 Å². The molecular formula is C32H18ClF9O. The first-order valence-electron chi connectivity index (χ1n) is 12.3. The molecule has 4 aromatic rings. The molecule has 11 heteroatoms. The second-order valence-corrected chi connectivity index (χ2v) is 9.57. The van der Waals surface area contributed by atoms with E-state index >= 15 is 0 Å². The molecule has 4 rings (SSSR count). The molecule has 222 valence electrons. The second-order valence-electron chi connectivity index (χ2n) is 9.16. The quantitative estimate of drug-likeness (QED) is 0.113. The molecule has 1 nitrogen and oxygen atoms in total. The van der Waals surface area contributed by atoms with Crippen molar-refractivity contribution in [3.8, 4) is 28.7 Å². The summed E-state index contributed by atoms with van der Waals surface area (Å²) in [5, 5.41) is -0.965. The van der Waals surface area contributed by atoms with E-state index in [0.717, 1.165) is 42.3 Å². The summed E-state index contributed by atoms with van der Waals surface area (Å²) in [5.74, 6) is -2.47. The molecule has 0 fully saturated rings. The van der Waals surface area contributed by atoms with Crippen LogP contribution in [0.25, 0.3) is 11.1 Å². The molecule has 0 aliphatic heterocycles. The third kappa shape index (κ3) is 7.35. The van der Waals surface area contributed by atoms with Crippen LogP contribution in [0.3, 0.4) is 0 Å². The zero-order valence-corrected chi connectivity index (χ0v) is 22.5. The predicted octanol–water partition coefficient (Wildman–Crippen LogP) is 10.2. The average molecular weight is 625 g/mol. The van der Waals surface area contributed by atoms with Crippen LogP contribution in [0.5, 0.6) is 5.75 Å². The maximum Gasteiger partial charge on any atom is 0.432 e. The van der Waals surface area contributed by atoms with Crippen molar-refractivity contribution in [1.82, 2.24) is 0 Å². The minimum absolute atomic E-state index is 0.00741. The Hall–Kier alpha value is -4.36. The zero-order valence-electron chi connectivity index (χ0n) is 21.7. The lowest BCUT2D eigenvalue weighted by atomic mass is 10.00. The summed E-state index contributed by atoms with van der Waals surface area (Å²) in [4.78, 5) is 0. The number of hydrogen-bond donors (Lipinski definition) is 0. The van der Waals surface area contributed by atoms with Crippen molar-refractivity contribution in [3.63, 3.8) is 0 Å². The van der Waals surface area contributed by atoms with Crippen LogP contribution in [-0.2, 0) is 18.7 Å². The molecule has 0 amide bonds. The Morgan fingerprint density at radius 2 is 1.35 bits per heavy atom. The van der Waals surface area contributed by atoms with Gasteiger partial charge in [0.15, 0.2) is 0 Å². The highest BCUT2D eigenvalue weighted by atomic mass is 35.5. The van der Waals surface area contributed by atoms with Crippen LogP contribution in [0.2, 0.25) is 5.02 Å². The molecule has 0 aliphatic rings. The van der Waals surface area contributed by atoms with E-state index in [9.17, 15) is 39.5 Å². The molecule has 0 aliphatic carbocycles. The highest BCUT2D eigenvalue weighted by Crippen LogP contribution is 2.38. The molecule has 0 saturated carbocycles. The molecule has 0 unspecified atom stereocenters. The SMILES string of the molecule is C=CCCc1ccc(-c2cc(F)c(C(F)(F)Oc3ccc(C#Cc4cc(F)c(C(F)(F)F)c(Cl)c4)c(F)c3)c(F)c2)cc1. The van der Waals surface area contributed by atoms with Crippen molar-refractivity contribution in [2.45, 2.75) is 25.1 Å². The van der Waals surface area contributed by atoms with Gasteiger partial charge >= 0.3 is 12.3 Å². The fourth-order valence-electron chi connectivity index (χ4n) is 4.07. The van der Waals surface area contributed by atoms with Crippen LogP contribution in [-0.4, -0.2) is 0 Å². The van der Waals surface area contributed by atoms with Crippen molar-refractivity contribution in [3.05, 3.63) is 135 Å². The van der Waals surface area contributed by atoms with Gasteiger partial charge in [-0.1, -0.05) is 53.8 Å². The number of ether oxygens (including phenoxy) is 1. The monoisotopic (exact) mass is 624 g/mol. The highest BCUT2D eigenvalue weighted by Gasteiger charge is 2.41. The highest BCUT2D eigenvalue weighted by molar-refractivity contribution is 6.31. The Morgan fingerprint density at radius 1 is 0.721 bits per heavy atom. The maximum absolute atomic E-state index is 14.9. The number of rotatable bonds is 7. The minimum atomic E-state index is -5.05. The Labute approximate surface area is 245 Å². The maximum atomic E-state index is 14.9. The summed E-state index contributed by atoms with van der Waals surface area (Å²) in [7, 11) is 0. The van der Waals surface area contributed by atoms with Gasteiger partial charge in [0, 0.05) is 11.6 Å². The number of alkyl halides is 5. The van der Waals surface area contributed by atoms with Crippen LogP contribution in [0.15, 0.2) is 79.4 Å². The number of hydrogen-bond acceptors (Lipinski definition) is 1. The Morgan fingerprint density at radius 3 is 1.91 bits per heavy atom. The van der Waals surface area contributed by atoms with Crippen LogP contribution in [0, 0.1) is 35.1 Å². The Bertz CT molecular complexity index is 1690. The fraction of sp³-hybridized carbons (Fsp3) is 0.125. The molecule has 43 heavy (non-hydrogen) atoms. The molecule has 0 bridgehead atoms. The van der Waals surface area contributed by atoms with E-state index in [1.165, 1.54) is 0 Å². The summed E-state index contributed by atoms with van der Waals surface area (Å²) < 4.78 is 131. The first-order chi connectivity index (χ1) is 20.2. The van der Waals surface area contributed by atoms with Crippen molar-refractivity contribution in [2.75, 3.05) is 0 Å². The van der Waals surface area contributed by atoms with Gasteiger partial charge < -0.3 is 4.74 Å². The van der Waals surface area contributed by atoms with Crippen molar-refractivity contribution in [2.24, 2.45) is 0 Å². The molecule has 0 N–H and O–H groups in total. The van der Waals surface area contributed by atoms with Gasteiger partial charge in [0.2, 0.25) is 0 Å². The van der Waals surface area contributed by atoms with E-state index in [1.807, 2.05) is 0 Å². The number of benzene rings is 4. The second kappa shape index (κ2) is 12.5. The van der Waals surface area contributed by atoms with Gasteiger partial charge in [-0.3, -0.25) is 0 Å². The van der Waals surface area contributed by atoms with Gasteiger partial charge in [-0.2, -0.15) is 22.0 Å². The average Bonchev–Trinajstić information content (AvgIpc) is 2.89. The fourth-order valence-corrected chi connectivity index (χ4v) is 4.38. The third-order valence-electron chi connectivity index (χ3n) is 6.11. The summed E-state index contributed by atoms with van der Waals surface area (Å²) in [5.41, 5.74) is -2.79. The number of halogens is 10. The Balaban J connectivity index is 1.54. The standard InChI is InChI=1S/C32H18ClF9O/c1-2-3-4-18-5-8-20(9-6-18)22-15-27(36)30(28(37)16-22)32(41,42)43-23-12-11-21(25(34)17-23)10-7-19-13-24(33)29(26(35)14-19)31(38,39)40/h2,5-6,8-9,11-17H,1,3-4H2. The van der Waals surface area contributed by atoms with Crippen LogP contribution < -0.4 is 4.74 Å². The lowest BCUT2D eigenvalue weighted by Gasteiger charge is -2.20. The molecule has 0 atom stereocenters. The van der Waals surface area contributed by atoms with Crippen molar-refractivity contribution in [1.29, 1.82) is 0 Å². The zero-order chi connectivity index (χ0) is 31.5. The van der Waals surface area contributed by atoms with Gasteiger partial charge in [-0.05, 0) is 65.9 Å². The topological polar surface area (TPSA) is 9.23 Å². The summed E-state index contributed by atoms with van der Waals surface area (Å²) in [6.07, 6.45) is -6.44. The Kier molecular flexibility index (Phi) is 9.16. The normalized spacial score (nSPS) is 11.6. The van der Waals surface area contributed by atoms with Gasteiger partial charge in [0.1, 0.15) is 40.1 Å². The molecule has 0 radical (unpaired) electrons. The van der Waals surface area contributed by atoms with Crippen LogP contribution in [0.4, 0.5) is 39.5 Å². The molecule has 0 spiro atoms. The number of allylic oxidation sites excluding steroid dienone is 1. The molecule has 0 aromatic heterocycles. The van der Waals surface area contributed by atoms with E-state index in [4.69, 9.17) is 11.6 Å². The lowest BCUT2D eigenvalue weighted by Crippen LogP contribution is -2.25. The van der Waals surface area contributed by atoms with Gasteiger partial charge in [-0.15, -0.1) is 6.58 Å². The van der Waals surface area contributed by atoms with Gasteiger partial charge in [0.05, 0.1) is 10.6 Å². The van der Waals surface area contributed by atoms with Gasteiger partial charge in [0.25, 0.3) is 0 Å². The van der Waals surface area contributed by atoms with Crippen LogP contribution >= 0.6 is 11.6 Å². The largest absolute Gasteiger partial charge is 0.432 e. The first-order valence-corrected chi connectivity index (χ1v) is 12.7. The van der Waals surface area contributed by atoms with E-state index in [-0.39, 0.29) is 11.1 Å². The van der Waals surface area contributed by atoms with Crippen molar-refractivity contribution < 1.29 is 44.3 Å². The minimum Gasteiger partial charge on any atom is -0.429 e. The molecule has 0 saturated heterocycles. The van der Waals surface area contributed by atoms with E-state index in [1.54, 1.807) is 30.3 Å². The predicted molar refractivity (Wildman–Crippen MR) is 144 cm³/mol. The van der Waals surface area contributed by atoms with Crippen LogP contribution in [0.1, 0.15) is 34.2 Å². The molecule has 4 aromatic carbocycles.